The highest BCUT2D eigenvalue weighted by molar-refractivity contribution is 6.07. The van der Waals surface area contributed by atoms with Crippen molar-refractivity contribution < 1.29 is 14.5 Å². The van der Waals surface area contributed by atoms with E-state index in [9.17, 15) is 14.9 Å². The van der Waals surface area contributed by atoms with Crippen LogP contribution < -0.4 is 10.2 Å². The molecule has 0 spiro atoms. The average molecular weight is 425 g/mol. The minimum Gasteiger partial charge on any atom is -0.489 e. The Hall–Kier alpha value is -4.52. The highest BCUT2D eigenvalue weighted by Gasteiger charge is 2.08. The third-order valence-electron chi connectivity index (χ3n) is 4.82. The molecule has 4 aromatic carbocycles. The SMILES string of the molecule is O=C(NN=Cc1cccc(OCc2ccc([N+](=O)[O-])cc2)c1)c1cccc2ccccc12. The lowest BCUT2D eigenvalue weighted by atomic mass is 10.0. The number of nitrogens with zero attached hydrogens (tertiary/aromatic N) is 2. The average Bonchev–Trinajstić information content (AvgIpc) is 2.83. The number of carbonyl (C=O) groups excluding carboxylic acids is 1. The van der Waals surface area contributed by atoms with Crippen LogP contribution in [0.5, 0.6) is 5.75 Å². The predicted molar refractivity (Wildman–Crippen MR) is 123 cm³/mol. The van der Waals surface area contributed by atoms with Gasteiger partial charge in [-0.05, 0) is 52.2 Å². The van der Waals surface area contributed by atoms with Crippen LogP contribution >= 0.6 is 0 Å². The van der Waals surface area contributed by atoms with Gasteiger partial charge >= 0.3 is 0 Å². The van der Waals surface area contributed by atoms with E-state index in [1.54, 1.807) is 36.5 Å². The summed E-state index contributed by atoms with van der Waals surface area (Å²) < 4.78 is 5.76. The van der Waals surface area contributed by atoms with Gasteiger partial charge in [-0.3, -0.25) is 14.9 Å². The standard InChI is InChI=1S/C25H19N3O4/c29-25(24-10-4-7-20-6-1-2-9-23(20)24)27-26-16-19-5-3-8-22(15-19)32-17-18-11-13-21(14-12-18)28(30)31/h1-16H,17H2,(H,27,29). The summed E-state index contributed by atoms with van der Waals surface area (Å²) in [5.41, 5.74) is 4.73. The Morgan fingerprint density at radius 3 is 2.53 bits per heavy atom. The zero-order valence-corrected chi connectivity index (χ0v) is 17.0. The maximum Gasteiger partial charge on any atom is 0.271 e. The molecule has 0 aliphatic rings. The third kappa shape index (κ3) is 4.96. The first-order valence-electron chi connectivity index (χ1n) is 9.87. The number of nitrogens with one attached hydrogen (secondary N) is 1. The molecular formula is C25H19N3O4. The largest absolute Gasteiger partial charge is 0.489 e. The monoisotopic (exact) mass is 425 g/mol. The van der Waals surface area contributed by atoms with E-state index in [2.05, 4.69) is 10.5 Å². The number of hydrogen-bond donors (Lipinski definition) is 1. The maximum atomic E-state index is 12.5. The second kappa shape index (κ2) is 9.53. The van der Waals surface area contributed by atoms with Crippen molar-refractivity contribution in [1.29, 1.82) is 0 Å². The number of nitro groups is 1. The molecule has 0 unspecified atom stereocenters. The molecular weight excluding hydrogens is 406 g/mol. The molecule has 0 saturated carbocycles. The Morgan fingerprint density at radius 2 is 1.72 bits per heavy atom. The van der Waals surface area contributed by atoms with E-state index >= 15 is 0 Å². The van der Waals surface area contributed by atoms with Gasteiger partial charge in [-0.1, -0.05) is 48.5 Å². The van der Waals surface area contributed by atoms with Crippen LogP contribution in [0, 0.1) is 10.1 Å². The van der Waals surface area contributed by atoms with Gasteiger partial charge in [-0.15, -0.1) is 0 Å². The van der Waals surface area contributed by atoms with Gasteiger partial charge in [-0.25, -0.2) is 5.43 Å². The van der Waals surface area contributed by atoms with Gasteiger partial charge in [0.2, 0.25) is 0 Å². The summed E-state index contributed by atoms with van der Waals surface area (Å²) in [5, 5.41) is 16.7. The van der Waals surface area contributed by atoms with Crippen LogP contribution in [0.1, 0.15) is 21.5 Å². The van der Waals surface area contributed by atoms with Crippen molar-refractivity contribution in [2.24, 2.45) is 5.10 Å². The van der Waals surface area contributed by atoms with E-state index in [0.717, 1.165) is 21.9 Å². The molecule has 0 aliphatic heterocycles. The second-order valence-electron chi connectivity index (χ2n) is 7.01. The van der Waals surface area contributed by atoms with Gasteiger partial charge in [0, 0.05) is 17.7 Å². The number of carbonyl (C=O) groups is 1. The van der Waals surface area contributed by atoms with Crippen molar-refractivity contribution in [3.8, 4) is 5.75 Å². The van der Waals surface area contributed by atoms with Crippen molar-refractivity contribution >= 4 is 28.6 Å². The highest BCUT2D eigenvalue weighted by Crippen LogP contribution is 2.19. The molecule has 0 aliphatic carbocycles. The van der Waals surface area contributed by atoms with E-state index in [4.69, 9.17) is 4.74 Å². The Morgan fingerprint density at radius 1 is 0.969 bits per heavy atom. The fourth-order valence-corrected chi connectivity index (χ4v) is 3.21. The molecule has 4 aromatic rings. The molecule has 1 amide bonds. The third-order valence-corrected chi connectivity index (χ3v) is 4.82. The van der Waals surface area contributed by atoms with Crippen LogP contribution in [0.2, 0.25) is 0 Å². The van der Waals surface area contributed by atoms with Crippen molar-refractivity contribution in [2.45, 2.75) is 6.61 Å². The fraction of sp³-hybridized carbons (Fsp3) is 0.0400. The molecule has 158 valence electrons. The lowest BCUT2D eigenvalue weighted by Gasteiger charge is -2.07. The molecule has 7 nitrogen and oxygen atoms in total. The molecule has 7 heteroatoms. The Kier molecular flexibility index (Phi) is 6.17. The Labute approximate surface area is 184 Å². The highest BCUT2D eigenvalue weighted by atomic mass is 16.6. The van der Waals surface area contributed by atoms with Gasteiger partial charge in [0.15, 0.2) is 0 Å². The van der Waals surface area contributed by atoms with E-state index in [-0.39, 0.29) is 18.2 Å². The zero-order chi connectivity index (χ0) is 22.3. The number of hydrazone groups is 1. The number of ether oxygens (including phenoxy) is 1. The first-order valence-corrected chi connectivity index (χ1v) is 9.87. The first-order chi connectivity index (χ1) is 15.6. The predicted octanol–water partition coefficient (Wildman–Crippen LogP) is 5.09. The summed E-state index contributed by atoms with van der Waals surface area (Å²) in [7, 11) is 0. The van der Waals surface area contributed by atoms with E-state index in [1.165, 1.54) is 12.1 Å². The quantitative estimate of drug-likeness (QED) is 0.253. The number of nitro benzene ring substituents is 1. The van der Waals surface area contributed by atoms with Crippen molar-refractivity contribution in [1.82, 2.24) is 5.43 Å². The molecule has 1 N–H and O–H groups in total. The van der Waals surface area contributed by atoms with Crippen molar-refractivity contribution in [2.75, 3.05) is 0 Å². The molecule has 0 fully saturated rings. The van der Waals surface area contributed by atoms with Crippen LogP contribution in [0.15, 0.2) is 96.1 Å². The number of hydrogen-bond acceptors (Lipinski definition) is 5. The van der Waals surface area contributed by atoms with E-state index in [0.29, 0.717) is 11.3 Å². The van der Waals surface area contributed by atoms with Crippen LogP contribution in [-0.4, -0.2) is 17.0 Å². The summed E-state index contributed by atoms with van der Waals surface area (Å²) in [5.74, 6) is 0.330. The smallest absolute Gasteiger partial charge is 0.271 e. The minimum atomic E-state index is -0.438. The van der Waals surface area contributed by atoms with Crippen LogP contribution in [0.25, 0.3) is 10.8 Å². The number of amides is 1. The number of non-ortho nitro benzene ring substituents is 1. The zero-order valence-electron chi connectivity index (χ0n) is 17.0. The molecule has 0 heterocycles. The molecule has 0 aromatic heterocycles. The lowest BCUT2D eigenvalue weighted by molar-refractivity contribution is -0.384. The van der Waals surface area contributed by atoms with Gasteiger partial charge in [-0.2, -0.15) is 5.10 Å². The lowest BCUT2D eigenvalue weighted by Crippen LogP contribution is -2.17. The second-order valence-corrected chi connectivity index (χ2v) is 7.01. The summed E-state index contributed by atoms with van der Waals surface area (Å²) in [6.07, 6.45) is 1.54. The van der Waals surface area contributed by atoms with Gasteiger partial charge in [0.1, 0.15) is 12.4 Å². The topological polar surface area (TPSA) is 93.8 Å². The molecule has 0 atom stereocenters. The van der Waals surface area contributed by atoms with Crippen LogP contribution in [0.3, 0.4) is 0 Å². The number of fused-ring (bicyclic) bond motifs is 1. The van der Waals surface area contributed by atoms with Gasteiger partial charge < -0.3 is 4.74 Å². The van der Waals surface area contributed by atoms with E-state index in [1.807, 2.05) is 48.5 Å². The number of rotatable bonds is 7. The molecule has 4 rings (SSSR count). The van der Waals surface area contributed by atoms with Crippen LogP contribution in [0.4, 0.5) is 5.69 Å². The normalized spacial score (nSPS) is 10.9. The fourth-order valence-electron chi connectivity index (χ4n) is 3.21. The Balaban J connectivity index is 1.38. The summed E-state index contributed by atoms with van der Waals surface area (Å²) in [4.78, 5) is 22.8. The molecule has 0 saturated heterocycles. The summed E-state index contributed by atoms with van der Waals surface area (Å²) >= 11 is 0. The molecule has 0 bridgehead atoms. The van der Waals surface area contributed by atoms with Crippen LogP contribution in [-0.2, 0) is 6.61 Å². The number of benzene rings is 4. The summed E-state index contributed by atoms with van der Waals surface area (Å²) in [6.45, 7) is 0.274. The Bertz CT molecular complexity index is 1290. The minimum absolute atomic E-state index is 0.0394. The van der Waals surface area contributed by atoms with Gasteiger partial charge in [0.25, 0.3) is 11.6 Å². The van der Waals surface area contributed by atoms with Crippen molar-refractivity contribution in [3.63, 3.8) is 0 Å². The maximum absolute atomic E-state index is 12.5. The van der Waals surface area contributed by atoms with E-state index < -0.39 is 4.92 Å². The van der Waals surface area contributed by atoms with Gasteiger partial charge in [0.05, 0.1) is 11.1 Å². The molecule has 32 heavy (non-hydrogen) atoms. The summed E-state index contributed by atoms with van der Waals surface area (Å²) in [6, 6.07) is 26.7. The first kappa shape index (κ1) is 20.7. The van der Waals surface area contributed by atoms with Crippen molar-refractivity contribution in [3.05, 3.63) is 118 Å². The molecule has 0 radical (unpaired) electrons.